The maximum Gasteiger partial charge on any atom is 0.332 e. The Kier molecular flexibility index (Phi) is 5.57. The normalized spacial score (nSPS) is 20.3. The number of esters is 1. The van der Waals surface area contributed by atoms with Crippen molar-refractivity contribution >= 4 is 11.7 Å². The van der Waals surface area contributed by atoms with Crippen molar-refractivity contribution < 1.29 is 18.7 Å². The summed E-state index contributed by atoms with van der Waals surface area (Å²) in [5.41, 5.74) is 4.35. The van der Waals surface area contributed by atoms with Crippen LogP contribution < -0.4 is 4.74 Å². The number of nitrogens with zero attached hydrogens (tertiary/aromatic N) is 2. The lowest BCUT2D eigenvalue weighted by atomic mass is 9.77. The molecule has 2 aromatic rings. The summed E-state index contributed by atoms with van der Waals surface area (Å²) < 4.78 is 25.2. The van der Waals surface area contributed by atoms with Gasteiger partial charge in [0.25, 0.3) is 0 Å². The Morgan fingerprint density at radius 2 is 2.10 bits per heavy atom. The van der Waals surface area contributed by atoms with Crippen molar-refractivity contribution in [1.82, 2.24) is 5.01 Å². The van der Waals surface area contributed by atoms with E-state index in [0.717, 1.165) is 29.9 Å². The van der Waals surface area contributed by atoms with Crippen molar-refractivity contribution in [3.05, 3.63) is 76.7 Å². The number of halogens is 1. The van der Waals surface area contributed by atoms with Crippen LogP contribution in [0.4, 0.5) is 4.39 Å². The van der Waals surface area contributed by atoms with Gasteiger partial charge in [0.05, 0.1) is 25.5 Å². The predicted octanol–water partition coefficient (Wildman–Crippen LogP) is 4.62. The van der Waals surface area contributed by atoms with Gasteiger partial charge in [0.15, 0.2) is 0 Å². The molecule has 1 aliphatic carbocycles. The maximum atomic E-state index is 14.8. The molecule has 6 heteroatoms. The molecule has 0 saturated carbocycles. The molecular weight excluding hydrogens is 383 g/mol. The average molecular weight is 408 g/mol. The third-order valence-electron chi connectivity index (χ3n) is 5.72. The molecule has 1 heterocycles. The highest BCUT2D eigenvalue weighted by Crippen LogP contribution is 2.45. The van der Waals surface area contributed by atoms with Crippen LogP contribution in [0.2, 0.25) is 0 Å². The minimum absolute atomic E-state index is 0.0216. The summed E-state index contributed by atoms with van der Waals surface area (Å²) in [6.45, 7) is 3.87. The minimum atomic E-state index is -0.428. The van der Waals surface area contributed by atoms with Gasteiger partial charge in [0.2, 0.25) is 0 Å². The van der Waals surface area contributed by atoms with Gasteiger partial charge in [-0.05, 0) is 56.5 Å². The Labute approximate surface area is 175 Å². The van der Waals surface area contributed by atoms with Crippen molar-refractivity contribution in [2.24, 2.45) is 11.0 Å². The van der Waals surface area contributed by atoms with Gasteiger partial charge in [-0.15, -0.1) is 0 Å². The van der Waals surface area contributed by atoms with Crippen LogP contribution in [0.1, 0.15) is 43.0 Å². The number of ether oxygens (including phenoxy) is 2. The Morgan fingerprint density at radius 1 is 1.30 bits per heavy atom. The molecule has 0 unspecified atom stereocenters. The van der Waals surface area contributed by atoms with E-state index >= 15 is 0 Å². The molecule has 2 aromatic carbocycles. The molecule has 156 valence electrons. The number of fused-ring (bicyclic) bond motifs is 3. The zero-order valence-electron chi connectivity index (χ0n) is 17.4. The number of hydrazone groups is 1. The Balaban J connectivity index is 1.80. The van der Waals surface area contributed by atoms with Crippen LogP contribution in [-0.4, -0.2) is 30.4 Å². The van der Waals surface area contributed by atoms with E-state index in [4.69, 9.17) is 14.6 Å². The third kappa shape index (κ3) is 3.58. The fourth-order valence-electron chi connectivity index (χ4n) is 4.37. The van der Waals surface area contributed by atoms with Crippen LogP contribution in [-0.2, 0) is 16.0 Å². The molecule has 0 saturated heterocycles. The van der Waals surface area contributed by atoms with E-state index in [1.807, 2.05) is 24.3 Å². The molecule has 0 bridgehead atoms. The highest BCUT2D eigenvalue weighted by Gasteiger charge is 2.43. The second kappa shape index (κ2) is 8.30. The quantitative estimate of drug-likeness (QED) is 0.535. The second-order valence-electron chi connectivity index (χ2n) is 7.50. The van der Waals surface area contributed by atoms with Gasteiger partial charge in [-0.1, -0.05) is 18.2 Å². The SMILES string of the molecule is CCOC(=O)/C=C(/C)N1N=C2c3ccc(OC)cc3CC[C@@H]2[C@@H]1c1ccccc1F. The summed E-state index contributed by atoms with van der Waals surface area (Å²) in [7, 11) is 1.65. The average Bonchev–Trinajstić information content (AvgIpc) is 3.13. The van der Waals surface area contributed by atoms with Crippen molar-refractivity contribution in [3.8, 4) is 5.75 Å². The van der Waals surface area contributed by atoms with Crippen LogP contribution in [0.5, 0.6) is 5.75 Å². The maximum absolute atomic E-state index is 14.8. The summed E-state index contributed by atoms with van der Waals surface area (Å²) >= 11 is 0. The molecule has 2 aliphatic rings. The third-order valence-corrected chi connectivity index (χ3v) is 5.72. The molecule has 4 rings (SSSR count). The molecule has 5 nitrogen and oxygen atoms in total. The number of hydrogen-bond donors (Lipinski definition) is 0. The van der Waals surface area contributed by atoms with Gasteiger partial charge >= 0.3 is 5.97 Å². The van der Waals surface area contributed by atoms with Crippen LogP contribution in [0.25, 0.3) is 0 Å². The van der Waals surface area contributed by atoms with Gasteiger partial charge in [-0.3, -0.25) is 5.01 Å². The highest BCUT2D eigenvalue weighted by molar-refractivity contribution is 6.06. The van der Waals surface area contributed by atoms with Gasteiger partial charge in [-0.25, -0.2) is 9.18 Å². The molecule has 1 aliphatic heterocycles. The number of allylic oxidation sites excluding steroid dienone is 1. The van der Waals surface area contributed by atoms with Gasteiger partial charge < -0.3 is 9.47 Å². The number of carbonyl (C=O) groups is 1. The van der Waals surface area contributed by atoms with E-state index in [1.165, 1.54) is 17.7 Å². The smallest absolute Gasteiger partial charge is 0.332 e. The van der Waals surface area contributed by atoms with Crippen molar-refractivity contribution in [2.45, 2.75) is 32.7 Å². The number of methoxy groups -OCH3 is 1. The zero-order chi connectivity index (χ0) is 21.3. The van der Waals surface area contributed by atoms with Crippen molar-refractivity contribution in [2.75, 3.05) is 13.7 Å². The molecule has 0 amide bonds. The minimum Gasteiger partial charge on any atom is -0.497 e. The summed E-state index contributed by atoms with van der Waals surface area (Å²) in [5, 5.41) is 6.66. The lowest BCUT2D eigenvalue weighted by Crippen LogP contribution is -2.29. The van der Waals surface area contributed by atoms with Crippen molar-refractivity contribution in [1.29, 1.82) is 0 Å². The first kappa shape index (κ1) is 20.1. The van der Waals surface area contributed by atoms with E-state index in [2.05, 4.69) is 0 Å². The van der Waals surface area contributed by atoms with Crippen LogP contribution in [0.3, 0.4) is 0 Å². The largest absolute Gasteiger partial charge is 0.497 e. The first-order chi connectivity index (χ1) is 14.5. The van der Waals surface area contributed by atoms with E-state index < -0.39 is 5.97 Å². The summed E-state index contributed by atoms with van der Waals surface area (Å²) in [5.74, 6) is 0.135. The number of hydrogen-bond acceptors (Lipinski definition) is 5. The summed E-state index contributed by atoms with van der Waals surface area (Å²) in [6, 6.07) is 12.4. The molecular formula is C24H25FN2O3. The molecule has 0 radical (unpaired) electrons. The number of carbonyl (C=O) groups excluding carboxylic acids is 1. The molecule has 0 N–H and O–H groups in total. The van der Waals surface area contributed by atoms with E-state index in [-0.39, 0.29) is 17.8 Å². The fourth-order valence-corrected chi connectivity index (χ4v) is 4.37. The van der Waals surface area contributed by atoms with Crippen molar-refractivity contribution in [3.63, 3.8) is 0 Å². The number of rotatable bonds is 5. The summed E-state index contributed by atoms with van der Waals surface area (Å²) in [6.07, 6.45) is 3.12. The molecule has 2 atom stereocenters. The first-order valence-corrected chi connectivity index (χ1v) is 10.2. The second-order valence-corrected chi connectivity index (χ2v) is 7.50. The van der Waals surface area contributed by atoms with E-state index in [9.17, 15) is 9.18 Å². The standard InChI is InChI=1S/C24H25FN2O3/c1-4-30-22(28)13-15(2)27-24(19-7-5-6-8-21(19)25)20-11-9-16-14-17(29-3)10-12-18(16)23(20)26-27/h5-8,10,12-14,20,24H,4,9,11H2,1-3H3/b15-13-/t20-,24-/m0/s1. The lowest BCUT2D eigenvalue weighted by molar-refractivity contribution is -0.137. The summed E-state index contributed by atoms with van der Waals surface area (Å²) in [4.78, 5) is 12.0. The first-order valence-electron chi connectivity index (χ1n) is 10.2. The Hall–Kier alpha value is -3.15. The molecule has 0 fully saturated rings. The Morgan fingerprint density at radius 3 is 2.83 bits per heavy atom. The van der Waals surface area contributed by atoms with Gasteiger partial charge in [0, 0.05) is 28.8 Å². The zero-order valence-corrected chi connectivity index (χ0v) is 17.4. The highest BCUT2D eigenvalue weighted by atomic mass is 19.1. The predicted molar refractivity (Wildman–Crippen MR) is 113 cm³/mol. The van der Waals surface area contributed by atoms with E-state index in [0.29, 0.717) is 17.9 Å². The van der Waals surface area contributed by atoms with Crippen LogP contribution >= 0.6 is 0 Å². The lowest BCUT2D eigenvalue weighted by Gasteiger charge is -2.31. The molecule has 30 heavy (non-hydrogen) atoms. The topological polar surface area (TPSA) is 51.1 Å². The Bertz CT molecular complexity index is 1030. The monoisotopic (exact) mass is 408 g/mol. The van der Waals surface area contributed by atoms with Gasteiger partial charge in [-0.2, -0.15) is 5.10 Å². The molecule has 0 aromatic heterocycles. The number of aryl methyl sites for hydroxylation is 1. The number of benzene rings is 2. The molecule has 0 spiro atoms. The van der Waals surface area contributed by atoms with Crippen LogP contribution in [0.15, 0.2) is 59.3 Å². The van der Waals surface area contributed by atoms with Crippen LogP contribution in [0, 0.1) is 11.7 Å². The van der Waals surface area contributed by atoms with E-state index in [1.54, 1.807) is 38.1 Å². The fraction of sp³-hybridized carbons (Fsp3) is 0.333. The van der Waals surface area contributed by atoms with Gasteiger partial charge in [0.1, 0.15) is 11.6 Å².